The third-order valence-corrected chi connectivity index (χ3v) is 5.79. The Morgan fingerprint density at radius 2 is 1.71 bits per heavy atom. The first-order valence-corrected chi connectivity index (χ1v) is 10.7. The molecule has 0 radical (unpaired) electrons. The molecule has 0 unspecified atom stereocenters. The second-order valence-corrected chi connectivity index (χ2v) is 8.66. The Hall–Kier alpha value is -2.13. The van der Waals surface area contributed by atoms with Gasteiger partial charge in [-0.05, 0) is 32.0 Å². The molecule has 0 aliphatic heterocycles. The highest BCUT2D eigenvalue weighted by molar-refractivity contribution is 7.89. The number of nitrogens with one attached hydrogen (secondary N) is 1. The van der Waals surface area contributed by atoms with Crippen molar-refractivity contribution in [2.75, 3.05) is 25.0 Å². The molecule has 0 bridgehead atoms. The van der Waals surface area contributed by atoms with Gasteiger partial charge < -0.3 is 14.8 Å². The number of carbonyl (C=O) groups is 2. The third-order valence-electron chi connectivity index (χ3n) is 3.75. The zero-order valence-electron chi connectivity index (χ0n) is 17.3. The van der Waals surface area contributed by atoms with E-state index in [2.05, 4.69) is 5.32 Å². The number of amides is 1. The van der Waals surface area contributed by atoms with Crippen LogP contribution in [0.5, 0.6) is 5.75 Å². The molecule has 8 nitrogen and oxygen atoms in total. The normalized spacial score (nSPS) is 11.8. The van der Waals surface area contributed by atoms with Crippen LogP contribution in [0.25, 0.3) is 0 Å². The highest BCUT2D eigenvalue weighted by atomic mass is 32.2. The molecule has 1 aromatic carbocycles. The van der Waals surface area contributed by atoms with Crippen LogP contribution in [0, 0.1) is 5.92 Å². The predicted molar refractivity (Wildman–Crippen MR) is 107 cm³/mol. The molecule has 1 rings (SSSR count). The SMILES string of the molecule is CCN(CC)S(=O)(=O)c1ccc(OC(C)C)c(NC(=O)COC(=O)C(C)C)c1. The Kier molecular flexibility index (Phi) is 8.90. The Balaban J connectivity index is 3.15. The summed E-state index contributed by atoms with van der Waals surface area (Å²) in [7, 11) is -3.70. The van der Waals surface area contributed by atoms with Gasteiger partial charge in [-0.3, -0.25) is 9.59 Å². The maximum absolute atomic E-state index is 12.8. The molecule has 28 heavy (non-hydrogen) atoms. The Bertz CT molecular complexity index is 786. The molecule has 0 saturated carbocycles. The number of esters is 1. The fourth-order valence-electron chi connectivity index (χ4n) is 2.33. The molecule has 0 aliphatic rings. The Labute approximate surface area is 167 Å². The van der Waals surface area contributed by atoms with Crippen LogP contribution in [-0.2, 0) is 24.3 Å². The second kappa shape index (κ2) is 10.4. The summed E-state index contributed by atoms with van der Waals surface area (Å²) in [5, 5.41) is 2.57. The van der Waals surface area contributed by atoms with Gasteiger partial charge in [0.1, 0.15) is 5.75 Å². The smallest absolute Gasteiger partial charge is 0.308 e. The van der Waals surface area contributed by atoms with Crippen molar-refractivity contribution in [2.45, 2.75) is 52.5 Å². The van der Waals surface area contributed by atoms with Crippen LogP contribution in [-0.4, -0.2) is 50.4 Å². The van der Waals surface area contributed by atoms with Crippen LogP contribution in [0.3, 0.4) is 0 Å². The number of hydrogen-bond donors (Lipinski definition) is 1. The van der Waals surface area contributed by atoms with Crippen LogP contribution < -0.4 is 10.1 Å². The van der Waals surface area contributed by atoms with Crippen molar-refractivity contribution >= 4 is 27.6 Å². The van der Waals surface area contributed by atoms with E-state index in [9.17, 15) is 18.0 Å². The van der Waals surface area contributed by atoms with Gasteiger partial charge in [0.05, 0.1) is 22.6 Å². The molecule has 1 aromatic rings. The van der Waals surface area contributed by atoms with Crippen molar-refractivity contribution in [3.8, 4) is 5.75 Å². The van der Waals surface area contributed by atoms with Gasteiger partial charge in [-0.25, -0.2) is 8.42 Å². The first-order valence-electron chi connectivity index (χ1n) is 9.30. The predicted octanol–water partition coefficient (Wildman–Crippen LogP) is 2.64. The molecule has 0 atom stereocenters. The first kappa shape index (κ1) is 23.9. The van der Waals surface area contributed by atoms with Gasteiger partial charge in [0.2, 0.25) is 10.0 Å². The van der Waals surface area contributed by atoms with E-state index in [-0.39, 0.29) is 22.6 Å². The van der Waals surface area contributed by atoms with E-state index >= 15 is 0 Å². The van der Waals surface area contributed by atoms with Gasteiger partial charge in [0, 0.05) is 13.1 Å². The highest BCUT2D eigenvalue weighted by Crippen LogP contribution is 2.30. The minimum atomic E-state index is -3.70. The largest absolute Gasteiger partial charge is 0.489 e. The molecule has 158 valence electrons. The van der Waals surface area contributed by atoms with E-state index in [1.54, 1.807) is 27.7 Å². The van der Waals surface area contributed by atoms with Crippen molar-refractivity contribution in [3.05, 3.63) is 18.2 Å². The number of ether oxygens (including phenoxy) is 2. The molecular formula is C19H30N2O6S. The molecule has 0 heterocycles. The number of benzene rings is 1. The Morgan fingerprint density at radius 1 is 1.11 bits per heavy atom. The summed E-state index contributed by atoms with van der Waals surface area (Å²) in [6.07, 6.45) is -0.181. The maximum atomic E-state index is 12.8. The van der Waals surface area contributed by atoms with E-state index < -0.39 is 28.5 Å². The minimum absolute atomic E-state index is 0.0433. The van der Waals surface area contributed by atoms with Gasteiger partial charge in [0.25, 0.3) is 5.91 Å². The van der Waals surface area contributed by atoms with Crippen LogP contribution >= 0.6 is 0 Å². The van der Waals surface area contributed by atoms with Crippen LogP contribution in [0.2, 0.25) is 0 Å². The van der Waals surface area contributed by atoms with Crippen LogP contribution in [0.15, 0.2) is 23.1 Å². The zero-order chi connectivity index (χ0) is 21.5. The van der Waals surface area contributed by atoms with Gasteiger partial charge in [-0.15, -0.1) is 0 Å². The summed E-state index contributed by atoms with van der Waals surface area (Å²) in [5.41, 5.74) is 0.201. The number of nitrogens with zero attached hydrogens (tertiary/aromatic N) is 1. The van der Waals surface area contributed by atoms with E-state index in [0.717, 1.165) is 0 Å². The Morgan fingerprint density at radius 3 is 2.21 bits per heavy atom. The van der Waals surface area contributed by atoms with E-state index in [1.807, 2.05) is 13.8 Å². The molecule has 0 spiro atoms. The molecule has 0 aliphatic carbocycles. The number of rotatable bonds is 10. The summed E-state index contributed by atoms with van der Waals surface area (Å²) < 4.78 is 37.4. The lowest BCUT2D eigenvalue weighted by molar-refractivity contribution is -0.150. The van der Waals surface area contributed by atoms with Gasteiger partial charge in [0.15, 0.2) is 6.61 Å². The lowest BCUT2D eigenvalue weighted by atomic mass is 10.2. The van der Waals surface area contributed by atoms with E-state index in [1.165, 1.54) is 22.5 Å². The molecule has 1 N–H and O–H groups in total. The third kappa shape index (κ3) is 6.49. The van der Waals surface area contributed by atoms with E-state index in [4.69, 9.17) is 9.47 Å². The molecule has 1 amide bonds. The molecule has 0 saturated heterocycles. The number of sulfonamides is 1. The average Bonchev–Trinajstić information content (AvgIpc) is 2.61. The van der Waals surface area contributed by atoms with Crippen molar-refractivity contribution in [3.63, 3.8) is 0 Å². The lowest BCUT2D eigenvalue weighted by Gasteiger charge is -2.20. The molecule has 9 heteroatoms. The number of hydrogen-bond acceptors (Lipinski definition) is 6. The summed E-state index contributed by atoms with van der Waals surface area (Å²) in [6, 6.07) is 4.31. The molecular weight excluding hydrogens is 384 g/mol. The lowest BCUT2D eigenvalue weighted by Crippen LogP contribution is -2.30. The molecule has 0 fully saturated rings. The first-order chi connectivity index (χ1) is 13.0. The van der Waals surface area contributed by atoms with Crippen molar-refractivity contribution in [1.82, 2.24) is 4.31 Å². The summed E-state index contributed by atoms with van der Waals surface area (Å²) >= 11 is 0. The average molecular weight is 415 g/mol. The van der Waals surface area contributed by atoms with Gasteiger partial charge in [-0.2, -0.15) is 4.31 Å². The van der Waals surface area contributed by atoms with Crippen molar-refractivity contribution in [2.24, 2.45) is 5.92 Å². The number of anilines is 1. The quantitative estimate of drug-likeness (QED) is 0.591. The van der Waals surface area contributed by atoms with Crippen molar-refractivity contribution < 1.29 is 27.5 Å². The standard InChI is InChI=1S/C19H30N2O6S/c1-7-21(8-2)28(24,25)15-9-10-17(27-14(5)6)16(11-15)20-18(22)12-26-19(23)13(3)4/h9-11,13-14H,7-8,12H2,1-6H3,(H,20,22). The van der Waals surface area contributed by atoms with E-state index in [0.29, 0.717) is 18.8 Å². The van der Waals surface area contributed by atoms with Crippen LogP contribution in [0.1, 0.15) is 41.5 Å². The van der Waals surface area contributed by atoms with Gasteiger partial charge >= 0.3 is 5.97 Å². The van der Waals surface area contributed by atoms with Crippen LogP contribution in [0.4, 0.5) is 5.69 Å². The molecule has 0 aromatic heterocycles. The zero-order valence-corrected chi connectivity index (χ0v) is 18.1. The summed E-state index contributed by atoms with van der Waals surface area (Å²) in [5.74, 6) is -1.10. The summed E-state index contributed by atoms with van der Waals surface area (Å²) in [6.45, 7) is 10.7. The fourth-order valence-corrected chi connectivity index (χ4v) is 3.81. The van der Waals surface area contributed by atoms with Gasteiger partial charge in [-0.1, -0.05) is 27.7 Å². The number of carbonyl (C=O) groups excluding carboxylic acids is 2. The fraction of sp³-hybridized carbons (Fsp3) is 0.579. The topological polar surface area (TPSA) is 102 Å². The highest BCUT2D eigenvalue weighted by Gasteiger charge is 2.24. The van der Waals surface area contributed by atoms with Crippen molar-refractivity contribution in [1.29, 1.82) is 0 Å². The second-order valence-electron chi connectivity index (χ2n) is 6.72. The summed E-state index contributed by atoms with van der Waals surface area (Å²) in [4.78, 5) is 23.8. The monoisotopic (exact) mass is 414 g/mol. The minimum Gasteiger partial charge on any atom is -0.489 e. The maximum Gasteiger partial charge on any atom is 0.308 e.